The molecule has 0 spiro atoms. The molecule has 4 nitrogen and oxygen atoms in total. The third-order valence-corrected chi connectivity index (χ3v) is 3.68. The highest BCUT2D eigenvalue weighted by Gasteiger charge is 2.11. The van der Waals surface area contributed by atoms with Crippen LogP contribution in [0.3, 0.4) is 0 Å². The second-order valence-corrected chi connectivity index (χ2v) is 4.96. The number of rotatable bonds is 3. The molecular weight excluding hydrogens is 248 g/mol. The lowest BCUT2D eigenvalue weighted by atomic mass is 10.2. The zero-order valence-corrected chi connectivity index (χ0v) is 10.6. The zero-order chi connectivity index (χ0) is 13.1. The van der Waals surface area contributed by atoms with Crippen molar-refractivity contribution in [1.29, 1.82) is 0 Å². The monoisotopic (exact) mass is 260 g/mol. The first-order valence-corrected chi connectivity index (χ1v) is 6.17. The largest absolute Gasteiger partial charge is 0.393 e. The highest BCUT2D eigenvalue weighted by Crippen LogP contribution is 2.33. The van der Waals surface area contributed by atoms with Crippen molar-refractivity contribution in [3.63, 3.8) is 0 Å². The fourth-order valence-corrected chi connectivity index (χ4v) is 2.51. The lowest BCUT2D eigenvalue weighted by Crippen LogP contribution is -1.95. The van der Waals surface area contributed by atoms with Crippen LogP contribution in [0.1, 0.15) is 5.56 Å². The van der Waals surface area contributed by atoms with E-state index < -0.39 is 4.92 Å². The summed E-state index contributed by atoms with van der Waals surface area (Å²) < 4.78 is 0. The molecule has 0 fully saturated rings. The van der Waals surface area contributed by atoms with Gasteiger partial charge >= 0.3 is 0 Å². The SMILES string of the molecule is Cc1ccccc1Sc1ccc([N+](=O)[O-])c(N)c1. The molecule has 0 amide bonds. The zero-order valence-electron chi connectivity index (χ0n) is 9.79. The van der Waals surface area contributed by atoms with Gasteiger partial charge in [0.1, 0.15) is 5.69 Å². The van der Waals surface area contributed by atoms with Crippen molar-refractivity contribution in [2.75, 3.05) is 5.73 Å². The van der Waals surface area contributed by atoms with E-state index in [2.05, 4.69) is 0 Å². The maximum Gasteiger partial charge on any atom is 0.292 e. The van der Waals surface area contributed by atoms with E-state index >= 15 is 0 Å². The second kappa shape index (κ2) is 5.10. The minimum Gasteiger partial charge on any atom is -0.393 e. The average molecular weight is 260 g/mol. The van der Waals surface area contributed by atoms with Gasteiger partial charge in [0.15, 0.2) is 0 Å². The maximum absolute atomic E-state index is 10.7. The van der Waals surface area contributed by atoms with Gasteiger partial charge < -0.3 is 5.73 Å². The Labute approximate surface area is 109 Å². The maximum atomic E-state index is 10.7. The normalized spacial score (nSPS) is 10.3. The molecule has 0 bridgehead atoms. The highest BCUT2D eigenvalue weighted by atomic mass is 32.2. The number of anilines is 1. The fraction of sp³-hybridized carbons (Fsp3) is 0.0769. The van der Waals surface area contributed by atoms with Crippen molar-refractivity contribution in [1.82, 2.24) is 0 Å². The van der Waals surface area contributed by atoms with Gasteiger partial charge in [0.05, 0.1) is 4.92 Å². The summed E-state index contributed by atoms with van der Waals surface area (Å²) in [5, 5.41) is 10.7. The molecule has 0 radical (unpaired) electrons. The van der Waals surface area contributed by atoms with Crippen LogP contribution in [0.15, 0.2) is 52.3 Å². The Bertz CT molecular complexity index is 599. The summed E-state index contributed by atoms with van der Waals surface area (Å²) >= 11 is 1.55. The number of aryl methyl sites for hydroxylation is 1. The van der Waals surface area contributed by atoms with Crippen LogP contribution in [0.25, 0.3) is 0 Å². The van der Waals surface area contributed by atoms with Crippen molar-refractivity contribution in [3.8, 4) is 0 Å². The number of nitrogen functional groups attached to an aromatic ring is 1. The van der Waals surface area contributed by atoms with Gasteiger partial charge in [0, 0.05) is 15.9 Å². The molecule has 2 aromatic rings. The summed E-state index contributed by atoms with van der Waals surface area (Å²) in [5.74, 6) is 0. The predicted molar refractivity (Wildman–Crippen MR) is 72.8 cm³/mol. The third kappa shape index (κ3) is 2.62. The Morgan fingerprint density at radius 1 is 1.22 bits per heavy atom. The first-order valence-electron chi connectivity index (χ1n) is 5.35. The summed E-state index contributed by atoms with van der Waals surface area (Å²) in [5.41, 5.74) is 6.97. The van der Waals surface area contributed by atoms with Gasteiger partial charge in [0.2, 0.25) is 0 Å². The number of nitro benzene ring substituents is 1. The van der Waals surface area contributed by atoms with E-state index in [-0.39, 0.29) is 11.4 Å². The smallest absolute Gasteiger partial charge is 0.292 e. The lowest BCUT2D eigenvalue weighted by molar-refractivity contribution is -0.383. The van der Waals surface area contributed by atoms with Gasteiger partial charge in [-0.05, 0) is 30.7 Å². The van der Waals surface area contributed by atoms with E-state index in [9.17, 15) is 10.1 Å². The highest BCUT2D eigenvalue weighted by molar-refractivity contribution is 7.99. The molecule has 2 N–H and O–H groups in total. The van der Waals surface area contributed by atoms with Crippen molar-refractivity contribution in [2.45, 2.75) is 16.7 Å². The van der Waals surface area contributed by atoms with Gasteiger partial charge in [-0.15, -0.1) is 0 Å². The fourth-order valence-electron chi connectivity index (χ4n) is 1.56. The van der Waals surface area contributed by atoms with Crippen LogP contribution in [0.4, 0.5) is 11.4 Å². The molecule has 2 rings (SSSR count). The minimum atomic E-state index is -0.475. The molecule has 0 atom stereocenters. The predicted octanol–water partition coefficient (Wildman–Crippen LogP) is 3.64. The van der Waals surface area contributed by atoms with E-state index in [1.54, 1.807) is 23.9 Å². The van der Waals surface area contributed by atoms with Crippen LogP contribution in [-0.4, -0.2) is 4.92 Å². The van der Waals surface area contributed by atoms with Crippen LogP contribution in [0, 0.1) is 17.0 Å². The lowest BCUT2D eigenvalue weighted by Gasteiger charge is -2.06. The van der Waals surface area contributed by atoms with Gasteiger partial charge in [-0.3, -0.25) is 10.1 Å². The molecule has 0 saturated heterocycles. The van der Waals surface area contributed by atoms with Crippen molar-refractivity contribution >= 4 is 23.1 Å². The molecule has 0 aliphatic heterocycles. The van der Waals surface area contributed by atoms with Crippen LogP contribution >= 0.6 is 11.8 Å². The van der Waals surface area contributed by atoms with Gasteiger partial charge in [-0.25, -0.2) is 0 Å². The van der Waals surface area contributed by atoms with E-state index in [1.165, 1.54) is 11.6 Å². The Kier molecular flexibility index (Phi) is 3.53. The topological polar surface area (TPSA) is 69.2 Å². The Morgan fingerprint density at radius 2 is 1.94 bits per heavy atom. The molecular formula is C13H12N2O2S. The summed E-state index contributed by atoms with van der Waals surface area (Å²) in [4.78, 5) is 12.2. The minimum absolute atomic E-state index is 0.0517. The summed E-state index contributed by atoms with van der Waals surface area (Å²) in [6.07, 6.45) is 0. The van der Waals surface area contributed by atoms with Crippen LogP contribution in [0.5, 0.6) is 0 Å². The third-order valence-electron chi connectivity index (χ3n) is 2.52. The van der Waals surface area contributed by atoms with Crippen molar-refractivity contribution < 1.29 is 4.92 Å². The van der Waals surface area contributed by atoms with E-state index in [0.29, 0.717) is 0 Å². The van der Waals surface area contributed by atoms with Crippen LogP contribution in [0.2, 0.25) is 0 Å². The first-order chi connectivity index (χ1) is 8.58. The van der Waals surface area contributed by atoms with Gasteiger partial charge in [-0.1, -0.05) is 30.0 Å². The number of benzene rings is 2. The molecule has 0 aromatic heterocycles. The number of nitro groups is 1. The molecule has 0 saturated carbocycles. The standard InChI is InChI=1S/C13H12N2O2S/c1-9-4-2-3-5-13(9)18-10-6-7-12(15(16)17)11(14)8-10/h2-8H,14H2,1H3. The summed E-state index contributed by atoms with van der Waals surface area (Å²) in [6, 6.07) is 12.8. The first kappa shape index (κ1) is 12.4. The van der Waals surface area contributed by atoms with Crippen LogP contribution < -0.4 is 5.73 Å². The summed E-state index contributed by atoms with van der Waals surface area (Å²) in [6.45, 7) is 2.02. The Balaban J connectivity index is 2.29. The molecule has 0 unspecified atom stereocenters. The average Bonchev–Trinajstić information content (AvgIpc) is 2.32. The van der Waals surface area contributed by atoms with Gasteiger partial charge in [-0.2, -0.15) is 0 Å². The van der Waals surface area contributed by atoms with Gasteiger partial charge in [0.25, 0.3) is 5.69 Å². The summed E-state index contributed by atoms with van der Waals surface area (Å²) in [7, 11) is 0. The number of hydrogen-bond donors (Lipinski definition) is 1. The molecule has 18 heavy (non-hydrogen) atoms. The second-order valence-electron chi connectivity index (χ2n) is 3.85. The number of hydrogen-bond acceptors (Lipinski definition) is 4. The Hall–Kier alpha value is -2.01. The van der Waals surface area contributed by atoms with Crippen molar-refractivity contribution in [2.24, 2.45) is 0 Å². The van der Waals surface area contributed by atoms with Crippen molar-refractivity contribution in [3.05, 3.63) is 58.1 Å². The molecule has 2 aromatic carbocycles. The Morgan fingerprint density at radius 3 is 2.56 bits per heavy atom. The molecule has 0 aliphatic rings. The number of nitrogens with zero attached hydrogens (tertiary/aromatic N) is 1. The molecule has 5 heteroatoms. The van der Waals surface area contributed by atoms with E-state index in [0.717, 1.165) is 9.79 Å². The molecule has 0 heterocycles. The van der Waals surface area contributed by atoms with Crippen LogP contribution in [-0.2, 0) is 0 Å². The quantitative estimate of drug-likeness (QED) is 0.519. The van der Waals surface area contributed by atoms with E-state index in [4.69, 9.17) is 5.73 Å². The molecule has 92 valence electrons. The molecule has 0 aliphatic carbocycles. The number of nitrogens with two attached hydrogens (primary N) is 1. The van der Waals surface area contributed by atoms with E-state index in [1.807, 2.05) is 31.2 Å².